The van der Waals surface area contributed by atoms with Gasteiger partial charge < -0.3 is 10.1 Å². The van der Waals surface area contributed by atoms with Gasteiger partial charge in [-0.2, -0.15) is 9.41 Å². The number of rotatable bonds is 13. The molecule has 0 aliphatic rings. The van der Waals surface area contributed by atoms with Crippen molar-refractivity contribution in [3.05, 3.63) is 126 Å². The molecule has 0 unspecified atom stereocenters. The monoisotopic (exact) mass is 584 g/mol. The van der Waals surface area contributed by atoms with Gasteiger partial charge in [0.15, 0.2) is 0 Å². The van der Waals surface area contributed by atoms with E-state index in [4.69, 9.17) is 4.74 Å². The first kappa shape index (κ1) is 30.2. The Bertz CT molecular complexity index is 1610. The fourth-order valence-corrected chi connectivity index (χ4v) is 5.47. The van der Waals surface area contributed by atoms with Crippen LogP contribution in [0.15, 0.2) is 119 Å². The minimum absolute atomic E-state index is 0.00505. The largest absolute Gasteiger partial charge is 0.488 e. The lowest BCUT2D eigenvalue weighted by atomic mass is 10.1. The standard InChI is InChI=1S/C32H32N4O5S/c1-25(37)34-29-16-18-30(19-17-29)42(39,40)36(21-20-26-10-4-2-5-11-26)23-32(38)35-33-22-28-14-8-9-15-31(28)41-24-27-12-6-3-7-13-27/h2-19,22H,20-21,23-24H2,1H3,(H,34,37)(H,35,38)/b33-22-. The Morgan fingerprint density at radius 3 is 2.12 bits per heavy atom. The summed E-state index contributed by atoms with van der Waals surface area (Å²) in [7, 11) is -4.04. The molecule has 4 aromatic carbocycles. The van der Waals surface area contributed by atoms with Crippen molar-refractivity contribution in [2.75, 3.05) is 18.4 Å². The zero-order valence-corrected chi connectivity index (χ0v) is 24.0. The molecule has 4 aromatic rings. The Morgan fingerprint density at radius 1 is 0.833 bits per heavy atom. The molecule has 0 bridgehead atoms. The van der Waals surface area contributed by atoms with Crippen molar-refractivity contribution in [1.82, 2.24) is 9.73 Å². The average molecular weight is 585 g/mol. The molecule has 0 aliphatic heterocycles. The van der Waals surface area contributed by atoms with Gasteiger partial charge in [-0.1, -0.05) is 72.8 Å². The topological polar surface area (TPSA) is 117 Å². The molecule has 0 heterocycles. The van der Waals surface area contributed by atoms with Crippen LogP contribution in [0.5, 0.6) is 5.75 Å². The van der Waals surface area contributed by atoms with E-state index in [9.17, 15) is 18.0 Å². The second-order valence-corrected chi connectivity index (χ2v) is 11.3. The van der Waals surface area contributed by atoms with Gasteiger partial charge in [0.1, 0.15) is 12.4 Å². The summed E-state index contributed by atoms with van der Waals surface area (Å²) in [6, 6.07) is 32.2. The number of hydrogen-bond donors (Lipinski definition) is 2. The van der Waals surface area contributed by atoms with E-state index in [1.807, 2.05) is 72.8 Å². The summed E-state index contributed by atoms with van der Waals surface area (Å²) in [5.41, 5.74) is 5.51. The molecule has 2 amide bonds. The molecule has 42 heavy (non-hydrogen) atoms. The molecule has 0 aromatic heterocycles. The molecule has 0 fully saturated rings. The molecule has 10 heteroatoms. The van der Waals surface area contributed by atoms with Crippen LogP contribution in [0.4, 0.5) is 5.69 Å². The van der Waals surface area contributed by atoms with Crippen LogP contribution >= 0.6 is 0 Å². The first-order valence-electron chi connectivity index (χ1n) is 13.3. The lowest BCUT2D eigenvalue weighted by molar-refractivity contribution is -0.121. The van der Waals surface area contributed by atoms with Crippen molar-refractivity contribution in [1.29, 1.82) is 0 Å². The van der Waals surface area contributed by atoms with Gasteiger partial charge in [-0.05, 0) is 53.9 Å². The number of ether oxygens (including phenoxy) is 1. The van der Waals surface area contributed by atoms with E-state index in [-0.39, 0.29) is 17.3 Å². The Hall–Kier alpha value is -4.80. The van der Waals surface area contributed by atoms with Crippen LogP contribution in [-0.2, 0) is 32.6 Å². The maximum Gasteiger partial charge on any atom is 0.255 e. The molecule has 2 N–H and O–H groups in total. The number of sulfonamides is 1. The van der Waals surface area contributed by atoms with Crippen molar-refractivity contribution in [2.24, 2.45) is 5.10 Å². The molecular weight excluding hydrogens is 552 g/mol. The van der Waals surface area contributed by atoms with E-state index in [2.05, 4.69) is 15.8 Å². The van der Waals surface area contributed by atoms with Crippen molar-refractivity contribution in [2.45, 2.75) is 24.8 Å². The highest BCUT2D eigenvalue weighted by Crippen LogP contribution is 2.20. The summed E-state index contributed by atoms with van der Waals surface area (Å²) in [6.45, 7) is 1.38. The van der Waals surface area contributed by atoms with E-state index in [0.717, 1.165) is 15.4 Å². The van der Waals surface area contributed by atoms with E-state index in [1.54, 1.807) is 12.1 Å². The molecule has 216 valence electrons. The number of carbonyl (C=O) groups excluding carboxylic acids is 2. The average Bonchev–Trinajstić information content (AvgIpc) is 2.99. The van der Waals surface area contributed by atoms with Gasteiger partial charge in [-0.25, -0.2) is 13.8 Å². The second kappa shape index (κ2) is 14.7. The predicted octanol–water partition coefficient (Wildman–Crippen LogP) is 4.61. The Balaban J connectivity index is 1.44. The van der Waals surface area contributed by atoms with Crippen LogP contribution in [0.1, 0.15) is 23.6 Å². The summed E-state index contributed by atoms with van der Waals surface area (Å²) in [6.07, 6.45) is 1.87. The first-order chi connectivity index (χ1) is 20.3. The van der Waals surface area contributed by atoms with Gasteiger partial charge in [0.05, 0.1) is 17.7 Å². The summed E-state index contributed by atoms with van der Waals surface area (Å²) >= 11 is 0. The number of nitrogens with one attached hydrogen (secondary N) is 2. The molecule has 0 saturated carbocycles. The third-order valence-electron chi connectivity index (χ3n) is 6.17. The third-order valence-corrected chi connectivity index (χ3v) is 8.03. The number of anilines is 1. The number of amides is 2. The molecule has 0 radical (unpaired) electrons. The molecule has 4 rings (SSSR count). The summed E-state index contributed by atoms with van der Waals surface area (Å²) < 4.78 is 34.2. The lowest BCUT2D eigenvalue weighted by Crippen LogP contribution is -2.40. The van der Waals surface area contributed by atoms with E-state index in [1.165, 1.54) is 37.4 Å². The van der Waals surface area contributed by atoms with Gasteiger partial charge in [-0.3, -0.25) is 9.59 Å². The zero-order chi connectivity index (χ0) is 29.8. The fraction of sp³-hybridized carbons (Fsp3) is 0.156. The molecule has 9 nitrogen and oxygen atoms in total. The summed E-state index contributed by atoms with van der Waals surface area (Å²) in [4.78, 5) is 24.2. The van der Waals surface area contributed by atoms with Crippen LogP contribution in [0.3, 0.4) is 0 Å². The van der Waals surface area contributed by atoms with Gasteiger partial charge in [0.2, 0.25) is 15.9 Å². The first-order valence-corrected chi connectivity index (χ1v) is 14.7. The number of benzene rings is 4. The molecule has 0 aliphatic carbocycles. The Kier molecular flexibility index (Phi) is 10.6. The summed E-state index contributed by atoms with van der Waals surface area (Å²) in [5, 5.41) is 6.67. The van der Waals surface area contributed by atoms with Crippen LogP contribution in [0.25, 0.3) is 0 Å². The smallest absolute Gasteiger partial charge is 0.255 e. The minimum Gasteiger partial charge on any atom is -0.488 e. The van der Waals surface area contributed by atoms with Crippen LogP contribution in [0.2, 0.25) is 0 Å². The number of carbonyl (C=O) groups is 2. The quantitative estimate of drug-likeness (QED) is 0.176. The number of nitrogens with zero attached hydrogens (tertiary/aromatic N) is 2. The Morgan fingerprint density at radius 2 is 1.45 bits per heavy atom. The predicted molar refractivity (Wildman–Crippen MR) is 163 cm³/mol. The zero-order valence-electron chi connectivity index (χ0n) is 23.1. The van der Waals surface area contributed by atoms with Crippen LogP contribution in [0, 0.1) is 0 Å². The highest BCUT2D eigenvalue weighted by atomic mass is 32.2. The van der Waals surface area contributed by atoms with Gasteiger partial charge in [0.25, 0.3) is 5.91 Å². The Labute approximate surface area is 245 Å². The van der Waals surface area contributed by atoms with Crippen LogP contribution in [-0.4, -0.2) is 43.8 Å². The van der Waals surface area contributed by atoms with Crippen molar-refractivity contribution >= 4 is 33.7 Å². The second-order valence-electron chi connectivity index (χ2n) is 9.39. The summed E-state index contributed by atoms with van der Waals surface area (Å²) in [5.74, 6) is -0.271. The van der Waals surface area contributed by atoms with E-state index >= 15 is 0 Å². The molecule has 0 saturated heterocycles. The number of hydrazone groups is 1. The van der Waals surface area contributed by atoms with Gasteiger partial charge >= 0.3 is 0 Å². The highest BCUT2D eigenvalue weighted by Gasteiger charge is 2.26. The number of para-hydroxylation sites is 1. The van der Waals surface area contributed by atoms with Crippen molar-refractivity contribution in [3.8, 4) is 5.75 Å². The SMILES string of the molecule is CC(=O)Nc1ccc(S(=O)(=O)N(CCc2ccccc2)CC(=O)N/N=C\c2ccccc2OCc2ccccc2)cc1. The molecule has 0 atom stereocenters. The van der Waals surface area contributed by atoms with E-state index in [0.29, 0.717) is 30.0 Å². The lowest BCUT2D eigenvalue weighted by Gasteiger charge is -2.21. The maximum absolute atomic E-state index is 13.6. The molecule has 0 spiro atoms. The van der Waals surface area contributed by atoms with Crippen molar-refractivity contribution in [3.63, 3.8) is 0 Å². The maximum atomic E-state index is 13.6. The highest BCUT2D eigenvalue weighted by molar-refractivity contribution is 7.89. The van der Waals surface area contributed by atoms with Gasteiger partial charge in [-0.15, -0.1) is 0 Å². The molecular formula is C32H32N4O5S. The fourth-order valence-electron chi connectivity index (χ4n) is 4.07. The normalized spacial score (nSPS) is 11.4. The third kappa shape index (κ3) is 8.85. The van der Waals surface area contributed by atoms with Gasteiger partial charge in [0, 0.05) is 24.7 Å². The van der Waals surface area contributed by atoms with E-state index < -0.39 is 22.5 Å². The minimum atomic E-state index is -4.04. The van der Waals surface area contributed by atoms with Crippen LogP contribution < -0.4 is 15.5 Å². The van der Waals surface area contributed by atoms with Crippen molar-refractivity contribution < 1.29 is 22.7 Å². The number of hydrogen-bond acceptors (Lipinski definition) is 6.